The van der Waals surface area contributed by atoms with Crippen molar-refractivity contribution in [3.05, 3.63) is 75.8 Å². The number of nitrogens with zero attached hydrogens (tertiary/aromatic N) is 1. The van der Waals surface area contributed by atoms with Crippen LogP contribution >= 0.6 is 0 Å². The molecule has 1 aliphatic rings. The van der Waals surface area contributed by atoms with Gasteiger partial charge in [-0.2, -0.15) is 0 Å². The van der Waals surface area contributed by atoms with Gasteiger partial charge in [-0.15, -0.1) is 0 Å². The molecule has 0 unspecified atom stereocenters. The van der Waals surface area contributed by atoms with E-state index in [4.69, 9.17) is 0 Å². The number of hydrogen-bond donors (Lipinski definition) is 1. The van der Waals surface area contributed by atoms with Crippen LogP contribution in [0, 0.1) is 16.0 Å². The van der Waals surface area contributed by atoms with E-state index < -0.39 is 4.92 Å². The van der Waals surface area contributed by atoms with Crippen LogP contribution in [-0.2, 0) is 4.79 Å². The van der Waals surface area contributed by atoms with Gasteiger partial charge in [0.15, 0.2) is 0 Å². The van der Waals surface area contributed by atoms with Crippen LogP contribution in [0.25, 0.3) is 11.6 Å². The monoisotopic (exact) mass is 364 g/mol. The van der Waals surface area contributed by atoms with Crippen molar-refractivity contribution in [1.82, 2.24) is 5.32 Å². The smallest absolute Gasteiger partial charge is 0.270 e. The van der Waals surface area contributed by atoms with Crippen molar-refractivity contribution in [1.29, 1.82) is 0 Å². The van der Waals surface area contributed by atoms with Crippen molar-refractivity contribution in [3.63, 3.8) is 0 Å². The zero-order chi connectivity index (χ0) is 19.1. The molecule has 0 aliphatic heterocycles. The van der Waals surface area contributed by atoms with Crippen molar-refractivity contribution in [3.8, 4) is 0 Å². The van der Waals surface area contributed by atoms with E-state index in [0.29, 0.717) is 23.6 Å². The Morgan fingerprint density at radius 2 is 1.81 bits per heavy atom. The topological polar surface area (TPSA) is 72.2 Å². The zero-order valence-corrected chi connectivity index (χ0v) is 15.3. The van der Waals surface area contributed by atoms with Gasteiger partial charge in [0.2, 0.25) is 0 Å². The standard InChI is InChI=1S/C22H24N2O3/c25-22(23-16-17-8-3-1-4-9-17)21(19-11-5-2-6-12-19)15-18-10-7-13-20(14-18)24(26)27/h2,5-7,10-15,17H,1,3-4,8-9,16H2,(H,23,25)/b21-15+. The third-order valence-electron chi connectivity index (χ3n) is 5.00. The number of non-ortho nitro benzene ring substituents is 1. The van der Waals surface area contributed by atoms with E-state index in [9.17, 15) is 14.9 Å². The molecule has 0 aromatic heterocycles. The molecule has 1 N–H and O–H groups in total. The van der Waals surface area contributed by atoms with Gasteiger partial charge in [0.1, 0.15) is 0 Å². The quantitative estimate of drug-likeness (QED) is 0.345. The summed E-state index contributed by atoms with van der Waals surface area (Å²) in [7, 11) is 0. The second kappa shape index (κ2) is 9.12. The molecule has 0 radical (unpaired) electrons. The SMILES string of the molecule is O=C(NCC1CCCCC1)/C(=C/c1cccc([N+](=O)[O-])c1)c1ccccc1. The lowest BCUT2D eigenvalue weighted by atomic mass is 9.89. The number of amides is 1. The number of hydrogen-bond acceptors (Lipinski definition) is 3. The van der Waals surface area contributed by atoms with E-state index in [0.717, 1.165) is 18.4 Å². The number of carbonyl (C=O) groups excluding carboxylic acids is 1. The minimum absolute atomic E-state index is 0.0128. The molecule has 2 aromatic rings. The van der Waals surface area contributed by atoms with E-state index >= 15 is 0 Å². The summed E-state index contributed by atoms with van der Waals surface area (Å²) >= 11 is 0. The Bertz CT molecular complexity index is 824. The van der Waals surface area contributed by atoms with Gasteiger partial charge in [-0.05, 0) is 36.0 Å². The Kier molecular flexibility index (Phi) is 6.36. The van der Waals surface area contributed by atoms with Gasteiger partial charge in [0, 0.05) is 24.3 Å². The van der Waals surface area contributed by atoms with Gasteiger partial charge in [-0.25, -0.2) is 0 Å². The average Bonchev–Trinajstić information content (AvgIpc) is 2.72. The summed E-state index contributed by atoms with van der Waals surface area (Å²) in [6, 6.07) is 15.7. The molecule has 1 aliphatic carbocycles. The molecule has 0 heterocycles. The summed E-state index contributed by atoms with van der Waals surface area (Å²) in [5.41, 5.74) is 1.96. The molecule has 1 saturated carbocycles. The molecule has 27 heavy (non-hydrogen) atoms. The number of nitro benzene ring substituents is 1. The third kappa shape index (κ3) is 5.26. The van der Waals surface area contributed by atoms with Crippen molar-refractivity contribution in [2.24, 2.45) is 5.92 Å². The molecule has 1 fully saturated rings. The van der Waals surface area contributed by atoms with Crippen LogP contribution in [0.15, 0.2) is 54.6 Å². The van der Waals surface area contributed by atoms with Crippen LogP contribution in [0.5, 0.6) is 0 Å². The van der Waals surface area contributed by atoms with Crippen molar-refractivity contribution < 1.29 is 9.72 Å². The van der Waals surface area contributed by atoms with Gasteiger partial charge < -0.3 is 5.32 Å². The first-order chi connectivity index (χ1) is 13.1. The normalized spacial score (nSPS) is 15.3. The third-order valence-corrected chi connectivity index (χ3v) is 5.00. The predicted octanol–water partition coefficient (Wildman–Crippen LogP) is 4.83. The highest BCUT2D eigenvalue weighted by atomic mass is 16.6. The molecule has 0 saturated heterocycles. The Morgan fingerprint density at radius 3 is 2.52 bits per heavy atom. The second-order valence-electron chi connectivity index (χ2n) is 6.99. The molecule has 0 bridgehead atoms. The average molecular weight is 364 g/mol. The molecule has 5 heteroatoms. The molecule has 140 valence electrons. The molecule has 1 amide bonds. The van der Waals surface area contributed by atoms with E-state index in [1.54, 1.807) is 18.2 Å². The largest absolute Gasteiger partial charge is 0.352 e. The van der Waals surface area contributed by atoms with Crippen LogP contribution < -0.4 is 5.32 Å². The maximum absolute atomic E-state index is 12.9. The maximum Gasteiger partial charge on any atom is 0.270 e. The van der Waals surface area contributed by atoms with Crippen LogP contribution in [0.2, 0.25) is 0 Å². The van der Waals surface area contributed by atoms with Crippen molar-refractivity contribution in [2.45, 2.75) is 32.1 Å². The predicted molar refractivity (Wildman–Crippen MR) is 107 cm³/mol. The first-order valence-electron chi connectivity index (χ1n) is 9.43. The van der Waals surface area contributed by atoms with E-state index in [1.165, 1.54) is 31.4 Å². The molecular formula is C22H24N2O3. The van der Waals surface area contributed by atoms with Gasteiger partial charge in [-0.1, -0.05) is 61.7 Å². The van der Waals surface area contributed by atoms with Gasteiger partial charge in [-0.3, -0.25) is 14.9 Å². The van der Waals surface area contributed by atoms with Crippen LogP contribution in [-0.4, -0.2) is 17.4 Å². The first-order valence-corrected chi connectivity index (χ1v) is 9.43. The Hall–Kier alpha value is -2.95. The first kappa shape index (κ1) is 18.8. The summed E-state index contributed by atoms with van der Waals surface area (Å²) in [5, 5.41) is 14.1. The van der Waals surface area contributed by atoms with E-state index in [-0.39, 0.29) is 11.6 Å². The molecule has 2 aromatic carbocycles. The van der Waals surface area contributed by atoms with Crippen LogP contribution in [0.1, 0.15) is 43.2 Å². The number of nitro groups is 1. The summed E-state index contributed by atoms with van der Waals surface area (Å²) in [6.45, 7) is 0.679. The highest BCUT2D eigenvalue weighted by Crippen LogP contribution is 2.24. The van der Waals surface area contributed by atoms with Gasteiger partial charge >= 0.3 is 0 Å². The lowest BCUT2D eigenvalue weighted by Gasteiger charge is -2.22. The summed E-state index contributed by atoms with van der Waals surface area (Å²) in [5.74, 6) is 0.399. The molecular weight excluding hydrogens is 340 g/mol. The second-order valence-corrected chi connectivity index (χ2v) is 6.99. The number of rotatable bonds is 6. The minimum atomic E-state index is -0.428. The molecule has 3 rings (SSSR count). The number of carbonyl (C=O) groups is 1. The number of nitrogens with one attached hydrogen (secondary N) is 1. The van der Waals surface area contributed by atoms with E-state index in [1.807, 2.05) is 30.3 Å². The van der Waals surface area contributed by atoms with Crippen molar-refractivity contribution >= 4 is 23.2 Å². The molecule has 0 spiro atoms. The Labute approximate surface area is 159 Å². The zero-order valence-electron chi connectivity index (χ0n) is 15.3. The van der Waals surface area contributed by atoms with Crippen LogP contribution in [0.4, 0.5) is 5.69 Å². The van der Waals surface area contributed by atoms with Crippen molar-refractivity contribution in [2.75, 3.05) is 6.54 Å². The highest BCUT2D eigenvalue weighted by molar-refractivity contribution is 6.24. The maximum atomic E-state index is 12.9. The fraction of sp³-hybridized carbons (Fsp3) is 0.318. The van der Waals surface area contributed by atoms with Gasteiger partial charge in [0.25, 0.3) is 11.6 Å². The summed E-state index contributed by atoms with van der Waals surface area (Å²) in [6.07, 6.45) is 7.79. The Morgan fingerprint density at radius 1 is 1.07 bits per heavy atom. The van der Waals surface area contributed by atoms with Crippen LogP contribution in [0.3, 0.4) is 0 Å². The van der Waals surface area contributed by atoms with Gasteiger partial charge in [0.05, 0.1) is 4.92 Å². The fourth-order valence-electron chi connectivity index (χ4n) is 3.52. The number of benzene rings is 2. The lowest BCUT2D eigenvalue weighted by Crippen LogP contribution is -2.30. The Balaban J connectivity index is 1.83. The van der Waals surface area contributed by atoms with E-state index in [2.05, 4.69) is 5.32 Å². The summed E-state index contributed by atoms with van der Waals surface area (Å²) < 4.78 is 0. The summed E-state index contributed by atoms with van der Waals surface area (Å²) in [4.78, 5) is 23.5. The fourth-order valence-corrected chi connectivity index (χ4v) is 3.52. The highest BCUT2D eigenvalue weighted by Gasteiger charge is 2.17. The lowest BCUT2D eigenvalue weighted by molar-refractivity contribution is -0.384. The molecule has 5 nitrogen and oxygen atoms in total. The molecule has 0 atom stereocenters. The minimum Gasteiger partial charge on any atom is -0.352 e.